The molecule has 1 aromatic heterocycles. The minimum Gasteiger partial charge on any atom is -0.374 e. The number of nitrogens with one attached hydrogen (secondary N) is 1. The molecule has 1 aromatic carbocycles. The van der Waals surface area contributed by atoms with Crippen LogP contribution in [0.3, 0.4) is 0 Å². The first-order valence-electron chi connectivity index (χ1n) is 6.16. The molecule has 102 valence electrons. The van der Waals surface area contributed by atoms with E-state index in [1.54, 1.807) is 6.20 Å². The number of hydrogen-bond donors (Lipinski definition) is 1. The second-order valence-electron chi connectivity index (χ2n) is 4.14. The molecule has 0 atom stereocenters. The van der Waals surface area contributed by atoms with Gasteiger partial charge in [-0.1, -0.05) is 24.3 Å². The lowest BCUT2D eigenvalue weighted by atomic mass is 10.1. The molecular formula is C14H16F2N2O. The van der Waals surface area contributed by atoms with E-state index in [0.717, 1.165) is 16.5 Å². The molecule has 0 bridgehead atoms. The van der Waals surface area contributed by atoms with Gasteiger partial charge in [-0.3, -0.25) is 4.98 Å². The van der Waals surface area contributed by atoms with Crippen LogP contribution in [-0.2, 0) is 11.3 Å². The monoisotopic (exact) mass is 266 g/mol. The molecule has 5 heteroatoms. The van der Waals surface area contributed by atoms with E-state index in [0.29, 0.717) is 13.1 Å². The Kier molecular flexibility index (Phi) is 5.18. The number of hydrogen-bond acceptors (Lipinski definition) is 3. The second kappa shape index (κ2) is 7.11. The number of ether oxygens (including phenoxy) is 1. The van der Waals surface area contributed by atoms with Crippen LogP contribution in [0.5, 0.6) is 0 Å². The van der Waals surface area contributed by atoms with Crippen molar-refractivity contribution in [3.63, 3.8) is 0 Å². The van der Waals surface area contributed by atoms with Gasteiger partial charge in [0.25, 0.3) is 6.43 Å². The van der Waals surface area contributed by atoms with Gasteiger partial charge in [0.2, 0.25) is 0 Å². The number of nitrogens with zero attached hydrogens (tertiary/aromatic N) is 1. The Labute approximate surface area is 110 Å². The topological polar surface area (TPSA) is 34.1 Å². The number of fused-ring (bicyclic) bond motifs is 1. The van der Waals surface area contributed by atoms with Crippen molar-refractivity contribution in [3.8, 4) is 0 Å². The Hall–Kier alpha value is -1.59. The van der Waals surface area contributed by atoms with Crippen LogP contribution in [-0.4, -0.2) is 31.2 Å². The number of benzene rings is 1. The zero-order valence-corrected chi connectivity index (χ0v) is 10.5. The van der Waals surface area contributed by atoms with Gasteiger partial charge in [0.05, 0.1) is 12.1 Å². The van der Waals surface area contributed by atoms with Gasteiger partial charge in [-0.25, -0.2) is 8.78 Å². The molecule has 1 N–H and O–H groups in total. The molecule has 0 saturated carbocycles. The molecule has 0 aliphatic heterocycles. The fourth-order valence-corrected chi connectivity index (χ4v) is 1.85. The number of alkyl halides is 2. The summed E-state index contributed by atoms with van der Waals surface area (Å²) in [5, 5.41) is 4.25. The van der Waals surface area contributed by atoms with Crippen molar-refractivity contribution in [3.05, 3.63) is 42.1 Å². The summed E-state index contributed by atoms with van der Waals surface area (Å²) in [7, 11) is 0. The van der Waals surface area contributed by atoms with Gasteiger partial charge in [-0.15, -0.1) is 0 Å². The van der Waals surface area contributed by atoms with E-state index in [9.17, 15) is 8.78 Å². The molecule has 19 heavy (non-hydrogen) atoms. The number of pyridine rings is 1. The van der Waals surface area contributed by atoms with Gasteiger partial charge in [-0.05, 0) is 11.6 Å². The molecule has 2 aromatic rings. The largest absolute Gasteiger partial charge is 0.374 e. The van der Waals surface area contributed by atoms with Crippen LogP contribution in [0.15, 0.2) is 36.5 Å². The first-order chi connectivity index (χ1) is 9.27. The third kappa shape index (κ3) is 4.22. The summed E-state index contributed by atoms with van der Waals surface area (Å²) in [6, 6.07) is 9.91. The molecule has 0 spiro atoms. The lowest BCUT2D eigenvalue weighted by Gasteiger charge is -2.08. The number of rotatable bonds is 7. The van der Waals surface area contributed by atoms with Gasteiger partial charge in [0, 0.05) is 24.7 Å². The molecule has 0 aliphatic carbocycles. The fourth-order valence-electron chi connectivity index (χ4n) is 1.85. The van der Waals surface area contributed by atoms with E-state index in [1.807, 2.05) is 30.3 Å². The van der Waals surface area contributed by atoms with E-state index < -0.39 is 13.0 Å². The second-order valence-corrected chi connectivity index (χ2v) is 4.14. The van der Waals surface area contributed by atoms with E-state index in [-0.39, 0.29) is 6.61 Å². The molecule has 0 unspecified atom stereocenters. The third-order valence-corrected chi connectivity index (χ3v) is 2.70. The van der Waals surface area contributed by atoms with Crippen molar-refractivity contribution in [1.29, 1.82) is 0 Å². The van der Waals surface area contributed by atoms with E-state index >= 15 is 0 Å². The minimum atomic E-state index is -2.40. The maximum atomic E-state index is 11.8. The first kappa shape index (κ1) is 13.8. The van der Waals surface area contributed by atoms with Crippen molar-refractivity contribution in [1.82, 2.24) is 10.3 Å². The van der Waals surface area contributed by atoms with Crippen molar-refractivity contribution < 1.29 is 13.5 Å². The van der Waals surface area contributed by atoms with E-state index in [2.05, 4.69) is 10.3 Å². The minimum absolute atomic E-state index is 0.280. The van der Waals surface area contributed by atoms with Gasteiger partial charge < -0.3 is 10.1 Å². The van der Waals surface area contributed by atoms with Crippen LogP contribution >= 0.6 is 0 Å². The average Bonchev–Trinajstić information content (AvgIpc) is 2.42. The summed E-state index contributed by atoms with van der Waals surface area (Å²) in [4.78, 5) is 4.35. The smallest absolute Gasteiger partial charge is 0.261 e. The Morgan fingerprint density at radius 2 is 2.05 bits per heavy atom. The summed E-state index contributed by atoms with van der Waals surface area (Å²) in [5.41, 5.74) is 2.05. The maximum Gasteiger partial charge on any atom is 0.261 e. The Balaban J connectivity index is 1.82. The molecule has 0 saturated heterocycles. The van der Waals surface area contributed by atoms with E-state index in [1.165, 1.54) is 0 Å². The van der Waals surface area contributed by atoms with Gasteiger partial charge in [0.1, 0.15) is 6.61 Å². The van der Waals surface area contributed by atoms with Crippen LogP contribution in [0.2, 0.25) is 0 Å². The number of aromatic nitrogens is 1. The molecule has 0 amide bonds. The zero-order valence-electron chi connectivity index (χ0n) is 10.5. The standard InChI is InChI=1S/C14H16F2N2O/c15-13(16)10-19-8-7-17-9-12-4-1-3-11-5-2-6-18-14(11)12/h1-6,13,17H,7-10H2. The molecule has 3 nitrogen and oxygen atoms in total. The zero-order chi connectivity index (χ0) is 13.5. The SMILES string of the molecule is FC(F)COCCNCc1cccc2cccnc12. The van der Waals surface area contributed by atoms with Crippen molar-refractivity contribution in [2.24, 2.45) is 0 Å². The van der Waals surface area contributed by atoms with Crippen LogP contribution in [0.25, 0.3) is 10.9 Å². The highest BCUT2D eigenvalue weighted by Crippen LogP contribution is 2.15. The summed E-state index contributed by atoms with van der Waals surface area (Å²) < 4.78 is 28.5. The van der Waals surface area contributed by atoms with Crippen LogP contribution < -0.4 is 5.32 Å². The van der Waals surface area contributed by atoms with Crippen LogP contribution in [0.4, 0.5) is 8.78 Å². The summed E-state index contributed by atoms with van der Waals surface area (Å²) in [5.74, 6) is 0. The van der Waals surface area contributed by atoms with Crippen LogP contribution in [0.1, 0.15) is 5.56 Å². The predicted molar refractivity (Wildman–Crippen MR) is 70.3 cm³/mol. The fraction of sp³-hybridized carbons (Fsp3) is 0.357. The summed E-state index contributed by atoms with van der Waals surface area (Å²) in [6.07, 6.45) is -0.639. The highest BCUT2D eigenvalue weighted by atomic mass is 19.3. The molecular weight excluding hydrogens is 250 g/mol. The molecule has 0 aliphatic rings. The van der Waals surface area contributed by atoms with Gasteiger partial charge in [-0.2, -0.15) is 0 Å². The van der Waals surface area contributed by atoms with Gasteiger partial charge in [0.15, 0.2) is 0 Å². The highest BCUT2D eigenvalue weighted by Gasteiger charge is 2.02. The van der Waals surface area contributed by atoms with E-state index in [4.69, 9.17) is 4.74 Å². The molecule has 2 rings (SSSR count). The Morgan fingerprint density at radius 3 is 2.89 bits per heavy atom. The quantitative estimate of drug-likeness (QED) is 0.782. The maximum absolute atomic E-state index is 11.8. The summed E-state index contributed by atoms with van der Waals surface area (Å²) in [6.45, 7) is 0.961. The molecule has 1 heterocycles. The van der Waals surface area contributed by atoms with Crippen molar-refractivity contribution >= 4 is 10.9 Å². The van der Waals surface area contributed by atoms with Gasteiger partial charge >= 0.3 is 0 Å². The molecule has 0 fully saturated rings. The highest BCUT2D eigenvalue weighted by molar-refractivity contribution is 5.81. The molecule has 0 radical (unpaired) electrons. The normalized spacial score (nSPS) is 11.3. The number of halogens is 2. The average molecular weight is 266 g/mol. The van der Waals surface area contributed by atoms with Crippen molar-refractivity contribution in [2.45, 2.75) is 13.0 Å². The Morgan fingerprint density at radius 1 is 1.21 bits per heavy atom. The lowest BCUT2D eigenvalue weighted by molar-refractivity contribution is 0.0187. The lowest BCUT2D eigenvalue weighted by Crippen LogP contribution is -2.20. The van der Waals surface area contributed by atoms with Crippen molar-refractivity contribution in [2.75, 3.05) is 19.8 Å². The Bertz CT molecular complexity index is 514. The summed E-state index contributed by atoms with van der Waals surface area (Å²) >= 11 is 0. The predicted octanol–water partition coefficient (Wildman–Crippen LogP) is 2.61. The third-order valence-electron chi connectivity index (χ3n) is 2.70. The van der Waals surface area contributed by atoms with Crippen LogP contribution in [0, 0.1) is 0 Å². The first-order valence-corrected chi connectivity index (χ1v) is 6.16. The number of para-hydroxylation sites is 1.